The molecule has 1 unspecified atom stereocenters. The maximum absolute atomic E-state index is 12.5. The highest BCUT2D eigenvalue weighted by molar-refractivity contribution is 5.82. The lowest BCUT2D eigenvalue weighted by molar-refractivity contribution is -0.127. The third kappa shape index (κ3) is 5.32. The molecule has 160 valence electrons. The summed E-state index contributed by atoms with van der Waals surface area (Å²) in [5.74, 6) is 1.54. The normalized spacial score (nSPS) is 18.7. The topological polar surface area (TPSA) is 60.0 Å². The van der Waals surface area contributed by atoms with Gasteiger partial charge in [0.15, 0.2) is 6.10 Å². The molecule has 0 saturated carbocycles. The van der Waals surface area contributed by atoms with Crippen LogP contribution in [0.5, 0.6) is 11.5 Å². The number of hydrogen-bond acceptors (Lipinski definition) is 5. The summed E-state index contributed by atoms with van der Waals surface area (Å²) in [5, 5.41) is 2.98. The molecule has 0 aliphatic carbocycles. The first-order valence-corrected chi connectivity index (χ1v) is 10.7. The quantitative estimate of drug-likeness (QED) is 0.725. The van der Waals surface area contributed by atoms with E-state index in [2.05, 4.69) is 17.3 Å². The molecular formula is C24H30N2O4. The first-order chi connectivity index (χ1) is 14.7. The van der Waals surface area contributed by atoms with Crippen LogP contribution in [0.1, 0.15) is 24.0 Å². The van der Waals surface area contributed by atoms with Crippen LogP contribution in [-0.4, -0.2) is 56.4 Å². The van der Waals surface area contributed by atoms with E-state index >= 15 is 0 Å². The maximum Gasteiger partial charge on any atom is 0.261 e. The molecule has 0 spiro atoms. The zero-order valence-corrected chi connectivity index (χ0v) is 17.5. The molecule has 2 aromatic carbocycles. The lowest BCUT2D eigenvalue weighted by atomic mass is 10.1. The van der Waals surface area contributed by atoms with E-state index in [1.54, 1.807) is 0 Å². The number of nitrogens with zero attached hydrogens (tertiary/aromatic N) is 1. The average molecular weight is 411 g/mol. The van der Waals surface area contributed by atoms with Crippen LogP contribution < -0.4 is 14.8 Å². The second kappa shape index (κ2) is 9.96. The molecule has 6 heteroatoms. The number of hydrogen-bond donors (Lipinski definition) is 1. The third-order valence-electron chi connectivity index (χ3n) is 5.83. The van der Waals surface area contributed by atoms with Crippen molar-refractivity contribution in [3.63, 3.8) is 0 Å². The van der Waals surface area contributed by atoms with Crippen LogP contribution in [0, 0.1) is 0 Å². The zero-order chi connectivity index (χ0) is 20.8. The van der Waals surface area contributed by atoms with Crippen LogP contribution in [-0.2, 0) is 22.5 Å². The van der Waals surface area contributed by atoms with Crippen LogP contribution in [0.15, 0.2) is 48.5 Å². The van der Waals surface area contributed by atoms with Crippen LogP contribution in [0.25, 0.3) is 0 Å². The Bertz CT molecular complexity index is 826. The SMILES string of the molecule is CN(CCOc1cccc(CNC(=O)C2Cc3ccccc3O2)c1)C1CCOCC1. The van der Waals surface area contributed by atoms with E-state index in [0.717, 1.165) is 55.2 Å². The highest BCUT2D eigenvalue weighted by Crippen LogP contribution is 2.28. The van der Waals surface area contributed by atoms with Gasteiger partial charge >= 0.3 is 0 Å². The molecule has 1 fully saturated rings. The lowest BCUT2D eigenvalue weighted by Gasteiger charge is -2.31. The molecule has 1 atom stereocenters. The first kappa shape index (κ1) is 20.7. The number of para-hydroxylation sites is 1. The smallest absolute Gasteiger partial charge is 0.261 e. The predicted octanol–water partition coefficient (Wildman–Crippen LogP) is 2.80. The number of nitrogens with one attached hydrogen (secondary N) is 1. The molecule has 1 amide bonds. The van der Waals surface area contributed by atoms with Crippen LogP contribution >= 0.6 is 0 Å². The molecule has 2 aliphatic rings. The number of ether oxygens (including phenoxy) is 3. The van der Waals surface area contributed by atoms with Crippen molar-refractivity contribution in [1.29, 1.82) is 0 Å². The number of carbonyl (C=O) groups is 1. The van der Waals surface area contributed by atoms with Crippen molar-refractivity contribution < 1.29 is 19.0 Å². The van der Waals surface area contributed by atoms with Crippen LogP contribution in [0.2, 0.25) is 0 Å². The summed E-state index contributed by atoms with van der Waals surface area (Å²) in [6.07, 6.45) is 2.33. The molecule has 0 bridgehead atoms. The maximum atomic E-state index is 12.5. The number of benzene rings is 2. The molecule has 0 radical (unpaired) electrons. The molecule has 30 heavy (non-hydrogen) atoms. The fraction of sp³-hybridized carbons (Fsp3) is 0.458. The number of carbonyl (C=O) groups excluding carboxylic acids is 1. The molecule has 2 heterocycles. The summed E-state index contributed by atoms with van der Waals surface area (Å²) in [6, 6.07) is 16.3. The van der Waals surface area contributed by atoms with Crippen molar-refractivity contribution in [3.05, 3.63) is 59.7 Å². The molecular weight excluding hydrogens is 380 g/mol. The summed E-state index contributed by atoms with van der Waals surface area (Å²) in [4.78, 5) is 14.8. The Balaban J connectivity index is 1.21. The van der Waals surface area contributed by atoms with Gasteiger partial charge in [0, 0.05) is 38.8 Å². The van der Waals surface area contributed by atoms with Crippen molar-refractivity contribution in [2.75, 3.05) is 33.4 Å². The van der Waals surface area contributed by atoms with E-state index in [1.165, 1.54) is 0 Å². The lowest BCUT2D eigenvalue weighted by Crippen LogP contribution is -2.38. The second-order valence-electron chi connectivity index (χ2n) is 7.96. The number of likely N-dealkylation sites (N-methyl/N-ethyl adjacent to an activating group) is 1. The molecule has 1 saturated heterocycles. The van der Waals surface area contributed by atoms with E-state index in [4.69, 9.17) is 14.2 Å². The van der Waals surface area contributed by atoms with Gasteiger partial charge < -0.3 is 19.5 Å². The van der Waals surface area contributed by atoms with Gasteiger partial charge in [-0.1, -0.05) is 30.3 Å². The van der Waals surface area contributed by atoms with Gasteiger partial charge in [0.25, 0.3) is 5.91 Å². The van der Waals surface area contributed by atoms with Gasteiger partial charge in [-0.3, -0.25) is 9.69 Å². The van der Waals surface area contributed by atoms with E-state index in [0.29, 0.717) is 25.6 Å². The molecule has 2 aromatic rings. The molecule has 2 aliphatic heterocycles. The zero-order valence-electron chi connectivity index (χ0n) is 17.5. The van der Waals surface area contributed by atoms with E-state index < -0.39 is 6.10 Å². The van der Waals surface area contributed by atoms with E-state index in [-0.39, 0.29) is 5.91 Å². The van der Waals surface area contributed by atoms with E-state index in [1.807, 2.05) is 48.5 Å². The highest BCUT2D eigenvalue weighted by Gasteiger charge is 2.28. The Morgan fingerprint density at radius 1 is 1.17 bits per heavy atom. The Morgan fingerprint density at radius 3 is 2.83 bits per heavy atom. The fourth-order valence-electron chi connectivity index (χ4n) is 3.99. The summed E-state index contributed by atoms with van der Waals surface area (Å²) in [5.41, 5.74) is 2.09. The fourth-order valence-corrected chi connectivity index (χ4v) is 3.99. The number of rotatable bonds is 8. The minimum Gasteiger partial charge on any atom is -0.492 e. The van der Waals surface area contributed by atoms with Gasteiger partial charge in [-0.05, 0) is 49.2 Å². The van der Waals surface area contributed by atoms with Gasteiger partial charge in [0.2, 0.25) is 0 Å². The first-order valence-electron chi connectivity index (χ1n) is 10.7. The predicted molar refractivity (Wildman–Crippen MR) is 115 cm³/mol. The Morgan fingerprint density at radius 2 is 2.00 bits per heavy atom. The van der Waals surface area contributed by atoms with Gasteiger partial charge in [-0.15, -0.1) is 0 Å². The van der Waals surface area contributed by atoms with Crippen LogP contribution in [0.3, 0.4) is 0 Å². The van der Waals surface area contributed by atoms with Crippen LogP contribution in [0.4, 0.5) is 0 Å². The van der Waals surface area contributed by atoms with Gasteiger partial charge in [-0.25, -0.2) is 0 Å². The number of amides is 1. The minimum absolute atomic E-state index is 0.0874. The monoisotopic (exact) mass is 410 g/mol. The molecule has 4 rings (SSSR count). The third-order valence-corrected chi connectivity index (χ3v) is 5.83. The van der Waals surface area contributed by atoms with Gasteiger partial charge in [0.1, 0.15) is 18.1 Å². The Labute approximate surface area is 178 Å². The second-order valence-corrected chi connectivity index (χ2v) is 7.96. The summed E-state index contributed by atoms with van der Waals surface area (Å²) in [6.45, 7) is 3.67. The molecule has 1 N–H and O–H groups in total. The Kier molecular flexibility index (Phi) is 6.87. The summed E-state index contributed by atoms with van der Waals surface area (Å²) < 4.78 is 17.1. The van der Waals surface area contributed by atoms with Crippen molar-refractivity contribution in [3.8, 4) is 11.5 Å². The van der Waals surface area contributed by atoms with Crippen molar-refractivity contribution in [2.45, 2.75) is 38.0 Å². The standard InChI is InChI=1S/C24H30N2O4/c1-26(20-9-12-28-13-10-20)11-14-29-21-7-4-5-18(15-21)17-25-24(27)23-16-19-6-2-3-8-22(19)30-23/h2-8,15,20,23H,9-14,16-17H2,1H3,(H,25,27). The van der Waals surface area contributed by atoms with Gasteiger partial charge in [-0.2, -0.15) is 0 Å². The largest absolute Gasteiger partial charge is 0.492 e. The molecule has 6 nitrogen and oxygen atoms in total. The van der Waals surface area contributed by atoms with Gasteiger partial charge in [0.05, 0.1) is 0 Å². The summed E-state index contributed by atoms with van der Waals surface area (Å²) >= 11 is 0. The average Bonchev–Trinajstić information content (AvgIpc) is 3.23. The Hall–Kier alpha value is -2.57. The van der Waals surface area contributed by atoms with Crippen molar-refractivity contribution >= 4 is 5.91 Å². The molecule has 0 aromatic heterocycles. The van der Waals surface area contributed by atoms with Crippen molar-refractivity contribution in [1.82, 2.24) is 10.2 Å². The highest BCUT2D eigenvalue weighted by atomic mass is 16.5. The number of fused-ring (bicyclic) bond motifs is 1. The van der Waals surface area contributed by atoms with E-state index in [9.17, 15) is 4.79 Å². The minimum atomic E-state index is -0.456. The summed E-state index contributed by atoms with van der Waals surface area (Å²) in [7, 11) is 2.15. The van der Waals surface area contributed by atoms with Crippen molar-refractivity contribution in [2.24, 2.45) is 0 Å².